The molecule has 2 N–H and O–H groups in total. The first-order chi connectivity index (χ1) is 8.97. The maximum Gasteiger partial charge on any atom is 0.304 e. The van der Waals surface area contributed by atoms with Gasteiger partial charge in [0.25, 0.3) is 0 Å². The van der Waals surface area contributed by atoms with Crippen LogP contribution in [0.15, 0.2) is 28.7 Å². The van der Waals surface area contributed by atoms with Gasteiger partial charge in [0.05, 0.1) is 6.42 Å². The number of hydrogen-bond acceptors (Lipinski definition) is 3. The first-order valence-corrected chi connectivity index (χ1v) is 6.72. The van der Waals surface area contributed by atoms with E-state index in [0.29, 0.717) is 19.5 Å². The van der Waals surface area contributed by atoms with Gasteiger partial charge in [0, 0.05) is 29.7 Å². The van der Waals surface area contributed by atoms with Crippen molar-refractivity contribution < 1.29 is 14.7 Å². The SMILES string of the molecule is CN(CCC(=O)O)CCC(=O)Nc1ccc(Br)cc1. The number of carbonyl (C=O) groups excluding carboxylic acids is 1. The molecule has 0 atom stereocenters. The lowest BCUT2D eigenvalue weighted by molar-refractivity contribution is -0.137. The van der Waals surface area contributed by atoms with Crippen LogP contribution in [-0.2, 0) is 9.59 Å². The van der Waals surface area contributed by atoms with Crippen molar-refractivity contribution >= 4 is 33.5 Å². The van der Waals surface area contributed by atoms with Crippen LogP contribution >= 0.6 is 15.9 Å². The number of nitrogens with zero attached hydrogens (tertiary/aromatic N) is 1. The number of benzene rings is 1. The average molecular weight is 329 g/mol. The van der Waals surface area contributed by atoms with Crippen molar-refractivity contribution in [2.24, 2.45) is 0 Å². The van der Waals surface area contributed by atoms with E-state index in [1.54, 1.807) is 7.05 Å². The molecule has 6 heteroatoms. The van der Waals surface area contributed by atoms with Crippen LogP contribution in [0.3, 0.4) is 0 Å². The summed E-state index contributed by atoms with van der Waals surface area (Å²) in [5.74, 6) is -0.907. The van der Waals surface area contributed by atoms with E-state index in [9.17, 15) is 9.59 Å². The summed E-state index contributed by atoms with van der Waals surface area (Å²) in [7, 11) is 1.80. The molecule has 1 rings (SSSR count). The van der Waals surface area contributed by atoms with Crippen molar-refractivity contribution in [3.05, 3.63) is 28.7 Å². The van der Waals surface area contributed by atoms with E-state index in [2.05, 4.69) is 21.2 Å². The molecule has 104 valence electrons. The smallest absolute Gasteiger partial charge is 0.304 e. The maximum absolute atomic E-state index is 11.7. The Balaban J connectivity index is 2.27. The minimum absolute atomic E-state index is 0.0792. The Hall–Kier alpha value is -1.40. The first kappa shape index (κ1) is 15.7. The minimum atomic E-state index is -0.828. The van der Waals surface area contributed by atoms with E-state index in [-0.39, 0.29) is 12.3 Å². The van der Waals surface area contributed by atoms with Crippen molar-refractivity contribution in [3.63, 3.8) is 0 Å². The summed E-state index contributed by atoms with van der Waals surface area (Å²) < 4.78 is 0.957. The fraction of sp³-hybridized carbons (Fsp3) is 0.385. The Morgan fingerprint density at radius 2 is 1.79 bits per heavy atom. The molecule has 0 fully saturated rings. The maximum atomic E-state index is 11.7. The van der Waals surface area contributed by atoms with Gasteiger partial charge in [-0.1, -0.05) is 15.9 Å². The Morgan fingerprint density at radius 3 is 2.37 bits per heavy atom. The molecule has 0 saturated carbocycles. The zero-order valence-corrected chi connectivity index (χ0v) is 12.3. The number of carboxylic acid groups (broad SMARTS) is 1. The summed E-state index contributed by atoms with van der Waals surface area (Å²) >= 11 is 3.32. The Kier molecular flexibility index (Phi) is 6.52. The quantitative estimate of drug-likeness (QED) is 0.804. The summed E-state index contributed by atoms with van der Waals surface area (Å²) in [4.78, 5) is 23.9. The second-order valence-corrected chi connectivity index (χ2v) is 5.17. The van der Waals surface area contributed by atoms with Crippen LogP contribution in [0.2, 0.25) is 0 Å². The van der Waals surface area contributed by atoms with Crippen molar-refractivity contribution in [1.29, 1.82) is 0 Å². The van der Waals surface area contributed by atoms with Crippen molar-refractivity contribution in [2.75, 3.05) is 25.5 Å². The van der Waals surface area contributed by atoms with Gasteiger partial charge in [0.1, 0.15) is 0 Å². The van der Waals surface area contributed by atoms with Gasteiger partial charge in [-0.25, -0.2) is 0 Å². The standard InChI is InChI=1S/C13H17BrN2O3/c1-16(9-7-13(18)19)8-6-12(17)15-11-4-2-10(14)3-5-11/h2-5H,6-9H2,1H3,(H,15,17)(H,18,19). The number of anilines is 1. The topological polar surface area (TPSA) is 69.6 Å². The molecule has 1 aromatic rings. The average Bonchev–Trinajstić information content (AvgIpc) is 2.36. The molecule has 0 aliphatic heterocycles. The molecule has 5 nitrogen and oxygen atoms in total. The van der Waals surface area contributed by atoms with Crippen LogP contribution in [0.25, 0.3) is 0 Å². The molecular weight excluding hydrogens is 312 g/mol. The predicted molar refractivity (Wildman–Crippen MR) is 77.1 cm³/mol. The van der Waals surface area contributed by atoms with E-state index in [0.717, 1.165) is 10.2 Å². The highest BCUT2D eigenvalue weighted by Gasteiger charge is 2.06. The number of nitrogens with one attached hydrogen (secondary N) is 1. The van der Waals surface area contributed by atoms with Gasteiger partial charge in [-0.05, 0) is 31.3 Å². The molecule has 0 aliphatic carbocycles. The van der Waals surface area contributed by atoms with E-state index >= 15 is 0 Å². The van der Waals surface area contributed by atoms with Gasteiger partial charge in [0.2, 0.25) is 5.91 Å². The van der Waals surface area contributed by atoms with Crippen molar-refractivity contribution in [2.45, 2.75) is 12.8 Å². The van der Waals surface area contributed by atoms with Gasteiger partial charge >= 0.3 is 5.97 Å². The Bertz CT molecular complexity index is 434. The highest BCUT2D eigenvalue weighted by Crippen LogP contribution is 2.14. The van der Waals surface area contributed by atoms with Gasteiger partial charge in [-0.15, -0.1) is 0 Å². The van der Waals surface area contributed by atoms with Crippen LogP contribution in [0, 0.1) is 0 Å². The summed E-state index contributed by atoms with van der Waals surface area (Å²) in [5, 5.41) is 11.3. The number of hydrogen-bond donors (Lipinski definition) is 2. The fourth-order valence-corrected chi connectivity index (χ4v) is 1.71. The normalized spacial score (nSPS) is 10.5. The van der Waals surface area contributed by atoms with Crippen LogP contribution in [0.1, 0.15) is 12.8 Å². The van der Waals surface area contributed by atoms with Crippen LogP contribution in [-0.4, -0.2) is 42.0 Å². The molecule has 0 heterocycles. The predicted octanol–water partition coefficient (Wildman–Crippen LogP) is 2.18. The molecule has 1 amide bonds. The molecule has 0 unspecified atom stereocenters. The molecule has 0 aromatic heterocycles. The van der Waals surface area contributed by atoms with Crippen LogP contribution in [0.4, 0.5) is 5.69 Å². The summed E-state index contributed by atoms with van der Waals surface area (Å²) in [5.41, 5.74) is 0.751. The lowest BCUT2D eigenvalue weighted by Gasteiger charge is -2.14. The highest BCUT2D eigenvalue weighted by atomic mass is 79.9. The third-order valence-electron chi connectivity index (χ3n) is 2.56. The van der Waals surface area contributed by atoms with Crippen molar-refractivity contribution in [1.82, 2.24) is 4.90 Å². The summed E-state index contributed by atoms with van der Waals surface area (Å²) in [6.07, 6.45) is 0.428. The molecule has 0 radical (unpaired) electrons. The van der Waals surface area contributed by atoms with Gasteiger partial charge in [-0.2, -0.15) is 0 Å². The van der Waals surface area contributed by atoms with Crippen molar-refractivity contribution in [3.8, 4) is 0 Å². The fourth-order valence-electron chi connectivity index (χ4n) is 1.45. The zero-order chi connectivity index (χ0) is 14.3. The van der Waals surface area contributed by atoms with E-state index in [1.165, 1.54) is 0 Å². The number of aliphatic carboxylic acids is 1. The van der Waals surface area contributed by atoms with Gasteiger partial charge in [0.15, 0.2) is 0 Å². The lowest BCUT2D eigenvalue weighted by Crippen LogP contribution is -2.26. The second-order valence-electron chi connectivity index (χ2n) is 4.25. The number of amides is 1. The number of halogens is 1. The molecule has 19 heavy (non-hydrogen) atoms. The molecule has 1 aromatic carbocycles. The third kappa shape index (κ3) is 6.93. The third-order valence-corrected chi connectivity index (χ3v) is 3.08. The van der Waals surface area contributed by atoms with Gasteiger partial charge in [-0.3, -0.25) is 9.59 Å². The lowest BCUT2D eigenvalue weighted by atomic mass is 10.3. The largest absolute Gasteiger partial charge is 0.481 e. The number of carboxylic acids is 1. The minimum Gasteiger partial charge on any atom is -0.481 e. The Labute approximate surface area is 120 Å². The molecule has 0 aliphatic rings. The summed E-state index contributed by atoms with van der Waals surface area (Å²) in [6.45, 7) is 0.983. The number of carbonyl (C=O) groups is 2. The Morgan fingerprint density at radius 1 is 1.21 bits per heavy atom. The van der Waals surface area contributed by atoms with E-state index in [1.807, 2.05) is 29.2 Å². The van der Waals surface area contributed by atoms with Gasteiger partial charge < -0.3 is 15.3 Å². The second kappa shape index (κ2) is 7.91. The highest BCUT2D eigenvalue weighted by molar-refractivity contribution is 9.10. The van der Waals surface area contributed by atoms with Crippen LogP contribution in [0.5, 0.6) is 0 Å². The molecular formula is C13H17BrN2O3. The molecule has 0 bridgehead atoms. The van der Waals surface area contributed by atoms with Crippen LogP contribution < -0.4 is 5.32 Å². The zero-order valence-electron chi connectivity index (χ0n) is 10.7. The molecule has 0 spiro atoms. The monoisotopic (exact) mass is 328 g/mol. The van der Waals surface area contributed by atoms with E-state index in [4.69, 9.17) is 5.11 Å². The first-order valence-electron chi connectivity index (χ1n) is 5.93. The summed E-state index contributed by atoms with van der Waals surface area (Å²) in [6, 6.07) is 7.34. The van der Waals surface area contributed by atoms with E-state index < -0.39 is 5.97 Å². The number of rotatable bonds is 7. The molecule has 0 saturated heterocycles.